The molecule has 0 fully saturated rings. The Morgan fingerprint density at radius 3 is 2.36 bits per heavy atom. The highest BCUT2D eigenvalue weighted by Gasteiger charge is 2.00. The summed E-state index contributed by atoms with van der Waals surface area (Å²) in [5, 5.41) is 3.44. The van der Waals surface area contributed by atoms with Crippen molar-refractivity contribution in [1.29, 1.82) is 0 Å². The van der Waals surface area contributed by atoms with E-state index in [1.54, 1.807) is 7.11 Å². The molecule has 0 heterocycles. The first-order valence-electron chi connectivity index (χ1n) is 4.39. The topological polar surface area (TPSA) is 21.3 Å². The second-order valence-corrected chi connectivity index (χ2v) is 3.48. The SMILES string of the molecule is COCCC(C)NCC(C)C. The molecule has 0 amide bonds. The lowest BCUT2D eigenvalue weighted by molar-refractivity contribution is 0.184. The summed E-state index contributed by atoms with van der Waals surface area (Å²) in [6, 6.07) is 0.581. The van der Waals surface area contributed by atoms with Crippen LogP contribution in [0.4, 0.5) is 0 Å². The maximum Gasteiger partial charge on any atom is 0.0476 e. The predicted octanol–water partition coefficient (Wildman–Crippen LogP) is 1.66. The monoisotopic (exact) mass is 159 g/mol. The third-order valence-corrected chi connectivity index (χ3v) is 1.63. The molecule has 0 aromatic carbocycles. The Hall–Kier alpha value is -0.0800. The van der Waals surface area contributed by atoms with Crippen LogP contribution in [0.25, 0.3) is 0 Å². The van der Waals surface area contributed by atoms with E-state index < -0.39 is 0 Å². The van der Waals surface area contributed by atoms with Gasteiger partial charge in [0.05, 0.1) is 0 Å². The van der Waals surface area contributed by atoms with Gasteiger partial charge in [-0.1, -0.05) is 13.8 Å². The van der Waals surface area contributed by atoms with Gasteiger partial charge in [-0.25, -0.2) is 0 Å². The van der Waals surface area contributed by atoms with Gasteiger partial charge in [-0.15, -0.1) is 0 Å². The van der Waals surface area contributed by atoms with Crippen LogP contribution in [-0.2, 0) is 4.74 Å². The van der Waals surface area contributed by atoms with Crippen molar-refractivity contribution in [3.8, 4) is 0 Å². The molecule has 0 aliphatic heterocycles. The van der Waals surface area contributed by atoms with Gasteiger partial charge in [-0.05, 0) is 25.8 Å². The molecule has 0 spiro atoms. The Morgan fingerprint density at radius 2 is 1.91 bits per heavy atom. The minimum absolute atomic E-state index is 0.581. The molecule has 0 saturated heterocycles. The number of hydrogen-bond acceptors (Lipinski definition) is 2. The van der Waals surface area contributed by atoms with Crippen molar-refractivity contribution in [2.75, 3.05) is 20.3 Å². The van der Waals surface area contributed by atoms with Crippen molar-refractivity contribution < 1.29 is 4.74 Å². The van der Waals surface area contributed by atoms with Crippen molar-refractivity contribution in [1.82, 2.24) is 5.32 Å². The Morgan fingerprint density at radius 1 is 1.27 bits per heavy atom. The van der Waals surface area contributed by atoms with E-state index in [1.165, 1.54) is 0 Å². The lowest BCUT2D eigenvalue weighted by atomic mass is 10.2. The predicted molar refractivity (Wildman–Crippen MR) is 48.8 cm³/mol. The second kappa shape index (κ2) is 6.62. The number of methoxy groups -OCH3 is 1. The summed E-state index contributed by atoms with van der Waals surface area (Å²) < 4.78 is 4.98. The molecule has 11 heavy (non-hydrogen) atoms. The van der Waals surface area contributed by atoms with Crippen LogP contribution in [0.2, 0.25) is 0 Å². The Bertz CT molecular complexity index is 83.6. The number of hydrogen-bond donors (Lipinski definition) is 1. The maximum atomic E-state index is 4.98. The summed E-state index contributed by atoms with van der Waals surface area (Å²) in [6.45, 7) is 8.59. The van der Waals surface area contributed by atoms with E-state index in [0.29, 0.717) is 6.04 Å². The van der Waals surface area contributed by atoms with Gasteiger partial charge < -0.3 is 10.1 Å². The van der Waals surface area contributed by atoms with Gasteiger partial charge in [0.25, 0.3) is 0 Å². The molecule has 1 atom stereocenters. The highest BCUT2D eigenvalue weighted by Crippen LogP contribution is 1.93. The molecule has 1 unspecified atom stereocenters. The summed E-state index contributed by atoms with van der Waals surface area (Å²) in [4.78, 5) is 0. The zero-order chi connectivity index (χ0) is 8.69. The average molecular weight is 159 g/mol. The molecule has 0 aromatic heterocycles. The van der Waals surface area contributed by atoms with Crippen molar-refractivity contribution in [2.45, 2.75) is 33.2 Å². The molecule has 0 aliphatic carbocycles. The van der Waals surface area contributed by atoms with Gasteiger partial charge in [-0.3, -0.25) is 0 Å². The van der Waals surface area contributed by atoms with E-state index in [1.807, 2.05) is 0 Å². The van der Waals surface area contributed by atoms with Gasteiger partial charge in [-0.2, -0.15) is 0 Å². The molecule has 2 nitrogen and oxygen atoms in total. The van der Waals surface area contributed by atoms with Crippen LogP contribution < -0.4 is 5.32 Å². The fraction of sp³-hybridized carbons (Fsp3) is 1.00. The summed E-state index contributed by atoms with van der Waals surface area (Å²) in [6.07, 6.45) is 1.10. The molecule has 0 bridgehead atoms. The van der Waals surface area contributed by atoms with Crippen molar-refractivity contribution in [3.63, 3.8) is 0 Å². The van der Waals surface area contributed by atoms with Crippen LogP contribution in [0.5, 0.6) is 0 Å². The molecule has 2 heteroatoms. The molecule has 0 aliphatic rings. The molecule has 0 aromatic rings. The van der Waals surface area contributed by atoms with Crippen LogP contribution >= 0.6 is 0 Å². The summed E-state index contributed by atoms with van der Waals surface area (Å²) in [5.74, 6) is 0.736. The fourth-order valence-corrected chi connectivity index (χ4v) is 0.834. The molecular formula is C9H21NO. The third kappa shape index (κ3) is 7.82. The lowest BCUT2D eigenvalue weighted by Crippen LogP contribution is -2.30. The fourth-order valence-electron chi connectivity index (χ4n) is 0.834. The maximum absolute atomic E-state index is 4.98. The van der Waals surface area contributed by atoms with Gasteiger partial charge >= 0.3 is 0 Å². The first-order valence-corrected chi connectivity index (χ1v) is 4.39. The van der Waals surface area contributed by atoms with Crippen molar-refractivity contribution >= 4 is 0 Å². The quantitative estimate of drug-likeness (QED) is 0.636. The third-order valence-electron chi connectivity index (χ3n) is 1.63. The standard InChI is InChI=1S/C9H21NO/c1-8(2)7-10-9(3)5-6-11-4/h8-10H,5-7H2,1-4H3. The average Bonchev–Trinajstić information content (AvgIpc) is 1.97. The molecule has 0 rings (SSSR count). The van der Waals surface area contributed by atoms with Crippen molar-refractivity contribution in [3.05, 3.63) is 0 Å². The molecule has 0 radical (unpaired) electrons. The molecule has 0 saturated carbocycles. The van der Waals surface area contributed by atoms with E-state index in [-0.39, 0.29) is 0 Å². The van der Waals surface area contributed by atoms with Crippen LogP contribution in [-0.4, -0.2) is 26.3 Å². The summed E-state index contributed by atoms with van der Waals surface area (Å²) >= 11 is 0. The van der Waals surface area contributed by atoms with E-state index in [2.05, 4.69) is 26.1 Å². The van der Waals surface area contributed by atoms with Crippen molar-refractivity contribution in [2.24, 2.45) is 5.92 Å². The van der Waals surface area contributed by atoms with E-state index in [4.69, 9.17) is 4.74 Å². The first kappa shape index (κ1) is 10.9. The van der Waals surface area contributed by atoms with E-state index >= 15 is 0 Å². The van der Waals surface area contributed by atoms with Gasteiger partial charge in [0, 0.05) is 19.8 Å². The Labute approximate surface area is 70.3 Å². The zero-order valence-corrected chi connectivity index (χ0v) is 8.18. The van der Waals surface area contributed by atoms with Gasteiger partial charge in [0.1, 0.15) is 0 Å². The molecular weight excluding hydrogens is 138 g/mol. The first-order chi connectivity index (χ1) is 5.16. The molecule has 68 valence electrons. The number of ether oxygens (including phenoxy) is 1. The lowest BCUT2D eigenvalue weighted by Gasteiger charge is -2.14. The Balaban J connectivity index is 3.15. The minimum Gasteiger partial charge on any atom is -0.385 e. The second-order valence-electron chi connectivity index (χ2n) is 3.48. The van der Waals surface area contributed by atoms with Crippen LogP contribution in [0.1, 0.15) is 27.2 Å². The largest absolute Gasteiger partial charge is 0.385 e. The van der Waals surface area contributed by atoms with Crippen LogP contribution in [0.3, 0.4) is 0 Å². The van der Waals surface area contributed by atoms with Crippen LogP contribution in [0, 0.1) is 5.92 Å². The minimum atomic E-state index is 0.581. The van der Waals surface area contributed by atoms with Crippen LogP contribution in [0.15, 0.2) is 0 Å². The van der Waals surface area contributed by atoms with E-state index in [9.17, 15) is 0 Å². The number of rotatable bonds is 6. The summed E-state index contributed by atoms with van der Waals surface area (Å²) in [7, 11) is 1.75. The summed E-state index contributed by atoms with van der Waals surface area (Å²) in [5.41, 5.74) is 0. The highest BCUT2D eigenvalue weighted by molar-refractivity contribution is 4.60. The van der Waals surface area contributed by atoms with Gasteiger partial charge in [0.2, 0.25) is 0 Å². The molecule has 1 N–H and O–H groups in total. The van der Waals surface area contributed by atoms with E-state index in [0.717, 1.165) is 25.5 Å². The van der Waals surface area contributed by atoms with Gasteiger partial charge in [0.15, 0.2) is 0 Å². The highest BCUT2D eigenvalue weighted by atomic mass is 16.5. The smallest absolute Gasteiger partial charge is 0.0476 e. The normalized spacial score (nSPS) is 13.9. The number of nitrogens with one attached hydrogen (secondary N) is 1. The zero-order valence-electron chi connectivity index (χ0n) is 8.18. The Kier molecular flexibility index (Phi) is 6.57.